The molecule has 1 nitrogen and oxygen atoms in total. The second-order valence-corrected chi connectivity index (χ2v) is 4.25. The van der Waals surface area contributed by atoms with Gasteiger partial charge in [-0.25, -0.2) is 0 Å². The Bertz CT molecular complexity index is 443. The molecule has 1 heterocycles. The lowest BCUT2D eigenvalue weighted by Gasteiger charge is -2.01. The molecule has 0 spiro atoms. The average Bonchev–Trinajstić information content (AvgIpc) is 2.56. The van der Waals surface area contributed by atoms with Crippen molar-refractivity contribution in [1.82, 2.24) is 0 Å². The number of thiol groups is 1. The average molecular weight is 206 g/mol. The fourth-order valence-electron chi connectivity index (χ4n) is 1.82. The van der Waals surface area contributed by atoms with Crippen LogP contribution >= 0.6 is 12.6 Å². The van der Waals surface area contributed by atoms with Gasteiger partial charge < -0.3 is 4.42 Å². The molecule has 1 unspecified atom stereocenters. The number of rotatable bonds is 2. The maximum atomic E-state index is 5.78. The molecule has 74 valence electrons. The Morgan fingerprint density at radius 3 is 2.71 bits per heavy atom. The molecule has 2 heteroatoms. The Kier molecular flexibility index (Phi) is 2.55. The SMILES string of the molecule is CCc1c(C(C)S)oc2ccccc12. The van der Waals surface area contributed by atoms with Crippen molar-refractivity contribution in [3.05, 3.63) is 35.6 Å². The van der Waals surface area contributed by atoms with Crippen LogP contribution in [0.3, 0.4) is 0 Å². The summed E-state index contributed by atoms with van der Waals surface area (Å²) < 4.78 is 5.78. The molecule has 0 saturated carbocycles. The lowest BCUT2D eigenvalue weighted by molar-refractivity contribution is 0.548. The zero-order valence-electron chi connectivity index (χ0n) is 8.45. The smallest absolute Gasteiger partial charge is 0.134 e. The van der Waals surface area contributed by atoms with Crippen LogP contribution in [-0.2, 0) is 6.42 Å². The maximum absolute atomic E-state index is 5.78. The van der Waals surface area contributed by atoms with E-state index in [0.29, 0.717) is 0 Å². The largest absolute Gasteiger partial charge is 0.460 e. The molecule has 0 aliphatic heterocycles. The van der Waals surface area contributed by atoms with Gasteiger partial charge in [-0.3, -0.25) is 0 Å². The van der Waals surface area contributed by atoms with E-state index in [1.807, 2.05) is 25.1 Å². The van der Waals surface area contributed by atoms with E-state index in [2.05, 4.69) is 25.6 Å². The molecule has 14 heavy (non-hydrogen) atoms. The summed E-state index contributed by atoms with van der Waals surface area (Å²) in [6.07, 6.45) is 0.997. The van der Waals surface area contributed by atoms with Gasteiger partial charge in [-0.05, 0) is 19.4 Å². The summed E-state index contributed by atoms with van der Waals surface area (Å²) in [7, 11) is 0. The van der Waals surface area contributed by atoms with Crippen molar-refractivity contribution < 1.29 is 4.42 Å². The van der Waals surface area contributed by atoms with Crippen LogP contribution in [0.4, 0.5) is 0 Å². The van der Waals surface area contributed by atoms with Gasteiger partial charge in [0.15, 0.2) is 0 Å². The quantitative estimate of drug-likeness (QED) is 0.733. The van der Waals surface area contributed by atoms with Crippen LogP contribution in [0.15, 0.2) is 28.7 Å². The molecular formula is C12H14OS. The van der Waals surface area contributed by atoms with Gasteiger partial charge in [-0.1, -0.05) is 25.1 Å². The van der Waals surface area contributed by atoms with Crippen molar-refractivity contribution in [2.45, 2.75) is 25.5 Å². The van der Waals surface area contributed by atoms with E-state index in [0.717, 1.165) is 17.8 Å². The van der Waals surface area contributed by atoms with Crippen molar-refractivity contribution in [2.75, 3.05) is 0 Å². The standard InChI is InChI=1S/C12H14OS/c1-3-9-10-6-4-5-7-11(10)13-12(9)8(2)14/h4-8,14H,3H2,1-2H3. The minimum Gasteiger partial charge on any atom is -0.460 e. The molecule has 0 saturated heterocycles. The highest BCUT2D eigenvalue weighted by Gasteiger charge is 2.14. The van der Waals surface area contributed by atoms with Crippen LogP contribution in [0.25, 0.3) is 11.0 Å². The van der Waals surface area contributed by atoms with E-state index >= 15 is 0 Å². The van der Waals surface area contributed by atoms with Gasteiger partial charge in [0.1, 0.15) is 11.3 Å². The summed E-state index contributed by atoms with van der Waals surface area (Å²) in [4.78, 5) is 0. The predicted octanol–water partition coefficient (Wildman–Crippen LogP) is 3.99. The first-order valence-corrected chi connectivity index (χ1v) is 5.44. The third-order valence-corrected chi connectivity index (χ3v) is 2.70. The van der Waals surface area contributed by atoms with Gasteiger partial charge in [-0.15, -0.1) is 0 Å². The van der Waals surface area contributed by atoms with Crippen molar-refractivity contribution in [3.63, 3.8) is 0 Å². The summed E-state index contributed by atoms with van der Waals surface area (Å²) in [5, 5.41) is 1.39. The molecule has 0 aliphatic rings. The van der Waals surface area contributed by atoms with E-state index in [-0.39, 0.29) is 5.25 Å². The van der Waals surface area contributed by atoms with Gasteiger partial charge in [0.25, 0.3) is 0 Å². The van der Waals surface area contributed by atoms with E-state index in [4.69, 9.17) is 4.42 Å². The molecule has 2 aromatic rings. The number of fused-ring (bicyclic) bond motifs is 1. The Balaban J connectivity index is 2.72. The van der Waals surface area contributed by atoms with Crippen molar-refractivity contribution in [2.24, 2.45) is 0 Å². The van der Waals surface area contributed by atoms with Gasteiger partial charge in [-0.2, -0.15) is 12.6 Å². The highest BCUT2D eigenvalue weighted by Crippen LogP contribution is 2.32. The number of hydrogen-bond acceptors (Lipinski definition) is 2. The topological polar surface area (TPSA) is 13.1 Å². The lowest BCUT2D eigenvalue weighted by atomic mass is 10.1. The first-order valence-electron chi connectivity index (χ1n) is 4.92. The Hall–Kier alpha value is -0.890. The van der Waals surface area contributed by atoms with Crippen LogP contribution in [0.5, 0.6) is 0 Å². The molecule has 0 amide bonds. The zero-order chi connectivity index (χ0) is 10.1. The molecule has 0 radical (unpaired) electrons. The molecule has 0 N–H and O–H groups in total. The maximum Gasteiger partial charge on any atom is 0.134 e. The normalized spacial score (nSPS) is 13.4. The van der Waals surface area contributed by atoms with Crippen molar-refractivity contribution in [3.8, 4) is 0 Å². The Morgan fingerprint density at radius 1 is 1.36 bits per heavy atom. The first kappa shape index (κ1) is 9.66. The molecular weight excluding hydrogens is 192 g/mol. The van der Waals surface area contributed by atoms with Crippen molar-refractivity contribution in [1.29, 1.82) is 0 Å². The van der Waals surface area contributed by atoms with Crippen molar-refractivity contribution >= 4 is 23.6 Å². The second kappa shape index (κ2) is 3.70. The van der Waals surface area contributed by atoms with E-state index in [9.17, 15) is 0 Å². The summed E-state index contributed by atoms with van der Waals surface area (Å²) in [5.74, 6) is 1.01. The van der Waals surface area contributed by atoms with Crippen LogP contribution in [-0.4, -0.2) is 0 Å². The number of furan rings is 1. The van der Waals surface area contributed by atoms with E-state index in [1.54, 1.807) is 0 Å². The van der Waals surface area contributed by atoms with Gasteiger partial charge in [0, 0.05) is 10.9 Å². The number of aryl methyl sites for hydroxylation is 1. The van der Waals surface area contributed by atoms with Gasteiger partial charge >= 0.3 is 0 Å². The number of benzene rings is 1. The van der Waals surface area contributed by atoms with Crippen LogP contribution in [0.1, 0.15) is 30.4 Å². The Morgan fingerprint density at radius 2 is 2.07 bits per heavy atom. The Labute approximate surface area is 89.5 Å². The molecule has 1 aromatic heterocycles. The second-order valence-electron chi connectivity index (χ2n) is 3.47. The zero-order valence-corrected chi connectivity index (χ0v) is 9.34. The highest BCUT2D eigenvalue weighted by molar-refractivity contribution is 7.80. The number of para-hydroxylation sites is 1. The molecule has 2 rings (SSSR count). The van der Waals surface area contributed by atoms with Crippen LogP contribution in [0, 0.1) is 0 Å². The van der Waals surface area contributed by atoms with Crippen LogP contribution in [0.2, 0.25) is 0 Å². The monoisotopic (exact) mass is 206 g/mol. The summed E-state index contributed by atoms with van der Waals surface area (Å²) in [5.41, 5.74) is 2.27. The third kappa shape index (κ3) is 1.44. The molecule has 1 aromatic carbocycles. The van der Waals surface area contributed by atoms with E-state index < -0.39 is 0 Å². The fraction of sp³-hybridized carbons (Fsp3) is 0.333. The summed E-state index contributed by atoms with van der Waals surface area (Å²) >= 11 is 4.43. The summed E-state index contributed by atoms with van der Waals surface area (Å²) in [6, 6.07) is 8.16. The van der Waals surface area contributed by atoms with Crippen LogP contribution < -0.4 is 0 Å². The molecule has 1 atom stereocenters. The minimum absolute atomic E-state index is 0.164. The third-order valence-electron chi connectivity index (χ3n) is 2.46. The lowest BCUT2D eigenvalue weighted by Crippen LogP contribution is -1.87. The predicted molar refractivity (Wildman–Crippen MR) is 63.0 cm³/mol. The van der Waals surface area contributed by atoms with Gasteiger partial charge in [0.05, 0.1) is 5.25 Å². The molecule has 0 aliphatic carbocycles. The van der Waals surface area contributed by atoms with E-state index in [1.165, 1.54) is 10.9 Å². The number of hydrogen-bond donors (Lipinski definition) is 1. The first-order chi connectivity index (χ1) is 6.74. The molecule has 0 fully saturated rings. The molecule has 0 bridgehead atoms. The van der Waals surface area contributed by atoms with Gasteiger partial charge in [0.2, 0.25) is 0 Å². The summed E-state index contributed by atoms with van der Waals surface area (Å²) in [6.45, 7) is 4.19. The highest BCUT2D eigenvalue weighted by atomic mass is 32.1. The fourth-order valence-corrected chi connectivity index (χ4v) is 2.03. The minimum atomic E-state index is 0.164.